The molecule has 1 amide bonds. The number of aryl methyl sites for hydroxylation is 1. The van der Waals surface area contributed by atoms with Crippen LogP contribution in [0, 0.1) is 6.92 Å². The summed E-state index contributed by atoms with van der Waals surface area (Å²) in [6.45, 7) is 3.56. The molecule has 4 rings (SSSR count). The van der Waals surface area contributed by atoms with Gasteiger partial charge in [-0.2, -0.15) is 5.10 Å². The Labute approximate surface area is 163 Å². The zero-order chi connectivity index (χ0) is 18.8. The Bertz CT molecular complexity index is 943. The summed E-state index contributed by atoms with van der Waals surface area (Å²) in [4.78, 5) is 18.5. The van der Waals surface area contributed by atoms with E-state index < -0.39 is 0 Å². The van der Waals surface area contributed by atoms with Crippen LogP contribution < -0.4 is 0 Å². The lowest BCUT2D eigenvalue weighted by molar-refractivity contribution is 0.0712. The molecule has 6 heteroatoms. The third-order valence-corrected chi connectivity index (χ3v) is 5.32. The molecule has 27 heavy (non-hydrogen) atoms. The number of piperidine rings is 1. The molecule has 1 aliphatic heterocycles. The lowest BCUT2D eigenvalue weighted by Gasteiger charge is -2.31. The molecule has 0 aliphatic carbocycles. The van der Waals surface area contributed by atoms with E-state index in [1.54, 1.807) is 18.3 Å². The second kappa shape index (κ2) is 7.53. The largest absolute Gasteiger partial charge is 0.339 e. The van der Waals surface area contributed by atoms with Crippen LogP contribution in [0.2, 0.25) is 5.15 Å². The van der Waals surface area contributed by atoms with Crippen molar-refractivity contribution in [2.24, 2.45) is 0 Å². The highest BCUT2D eigenvalue weighted by Crippen LogP contribution is 2.29. The minimum atomic E-state index is 0.0214. The molecular formula is C21H21ClN4O. The Hall–Kier alpha value is -2.66. The predicted octanol–water partition coefficient (Wildman–Crippen LogP) is 4.25. The van der Waals surface area contributed by atoms with Gasteiger partial charge < -0.3 is 4.90 Å². The molecular weight excluding hydrogens is 360 g/mol. The first-order valence-electron chi connectivity index (χ1n) is 9.12. The van der Waals surface area contributed by atoms with E-state index in [1.165, 1.54) is 11.1 Å². The van der Waals surface area contributed by atoms with Crippen LogP contribution in [0.25, 0.3) is 5.69 Å². The van der Waals surface area contributed by atoms with Crippen molar-refractivity contribution in [1.29, 1.82) is 0 Å². The summed E-state index contributed by atoms with van der Waals surface area (Å²) in [5.74, 6) is 0.448. The van der Waals surface area contributed by atoms with Crippen LogP contribution in [-0.4, -0.2) is 38.7 Å². The average molecular weight is 381 g/mol. The summed E-state index contributed by atoms with van der Waals surface area (Å²) in [6.07, 6.45) is 7.48. The molecule has 0 N–H and O–H groups in total. The Morgan fingerprint density at radius 1 is 1.15 bits per heavy atom. The van der Waals surface area contributed by atoms with E-state index in [4.69, 9.17) is 11.6 Å². The molecule has 1 saturated heterocycles. The first kappa shape index (κ1) is 17.7. The number of likely N-dealkylation sites (tertiary alicyclic amines) is 1. The van der Waals surface area contributed by atoms with Crippen LogP contribution >= 0.6 is 11.6 Å². The monoisotopic (exact) mass is 380 g/mol. The van der Waals surface area contributed by atoms with Crippen molar-refractivity contribution in [2.75, 3.05) is 13.1 Å². The van der Waals surface area contributed by atoms with Gasteiger partial charge in [0.25, 0.3) is 5.91 Å². The van der Waals surface area contributed by atoms with Gasteiger partial charge in [-0.05, 0) is 61.1 Å². The van der Waals surface area contributed by atoms with Crippen molar-refractivity contribution < 1.29 is 4.79 Å². The molecule has 3 heterocycles. The molecule has 1 fully saturated rings. The van der Waals surface area contributed by atoms with Crippen molar-refractivity contribution >= 4 is 17.5 Å². The van der Waals surface area contributed by atoms with Gasteiger partial charge in [-0.15, -0.1) is 0 Å². The van der Waals surface area contributed by atoms with E-state index in [0.717, 1.165) is 31.6 Å². The van der Waals surface area contributed by atoms with Crippen LogP contribution in [0.15, 0.2) is 55.0 Å². The van der Waals surface area contributed by atoms with Crippen LogP contribution in [0.5, 0.6) is 0 Å². The van der Waals surface area contributed by atoms with E-state index in [2.05, 4.69) is 41.4 Å². The highest BCUT2D eigenvalue weighted by molar-refractivity contribution is 6.29. The number of halogens is 1. The van der Waals surface area contributed by atoms with Gasteiger partial charge in [-0.25, -0.2) is 9.67 Å². The lowest BCUT2D eigenvalue weighted by Crippen LogP contribution is -2.37. The average Bonchev–Trinajstić information content (AvgIpc) is 3.18. The minimum absolute atomic E-state index is 0.0214. The Morgan fingerprint density at radius 3 is 2.67 bits per heavy atom. The van der Waals surface area contributed by atoms with Gasteiger partial charge in [0, 0.05) is 25.5 Å². The first-order chi connectivity index (χ1) is 13.1. The number of carbonyl (C=O) groups excluding carboxylic acids is 1. The van der Waals surface area contributed by atoms with Crippen LogP contribution in [-0.2, 0) is 0 Å². The number of rotatable bonds is 3. The maximum Gasteiger partial charge on any atom is 0.255 e. The van der Waals surface area contributed by atoms with E-state index in [1.807, 2.05) is 21.8 Å². The molecule has 0 unspecified atom stereocenters. The summed E-state index contributed by atoms with van der Waals surface area (Å²) in [5, 5.41) is 4.93. The number of hydrogen-bond acceptors (Lipinski definition) is 3. The van der Waals surface area contributed by atoms with E-state index in [9.17, 15) is 4.79 Å². The third kappa shape index (κ3) is 3.88. The molecule has 0 bridgehead atoms. The van der Waals surface area contributed by atoms with Crippen molar-refractivity contribution in [1.82, 2.24) is 19.7 Å². The quantitative estimate of drug-likeness (QED) is 0.638. The van der Waals surface area contributed by atoms with E-state index in [0.29, 0.717) is 16.6 Å². The smallest absolute Gasteiger partial charge is 0.255 e. The van der Waals surface area contributed by atoms with Gasteiger partial charge in [-0.3, -0.25) is 4.79 Å². The highest BCUT2D eigenvalue weighted by Gasteiger charge is 2.25. The summed E-state index contributed by atoms with van der Waals surface area (Å²) in [7, 11) is 0. The van der Waals surface area contributed by atoms with Crippen LogP contribution in [0.1, 0.15) is 40.2 Å². The molecule has 0 atom stereocenters. The summed E-state index contributed by atoms with van der Waals surface area (Å²) < 4.78 is 1.93. The summed E-state index contributed by atoms with van der Waals surface area (Å²) >= 11 is 5.80. The number of pyridine rings is 1. The van der Waals surface area contributed by atoms with Crippen molar-refractivity contribution in [3.63, 3.8) is 0 Å². The maximum atomic E-state index is 12.6. The Balaban J connectivity index is 1.41. The van der Waals surface area contributed by atoms with Gasteiger partial charge in [0.2, 0.25) is 0 Å². The molecule has 138 valence electrons. The number of amides is 1. The molecule has 5 nitrogen and oxygen atoms in total. The molecule has 1 aromatic carbocycles. The second-order valence-electron chi connectivity index (χ2n) is 6.99. The van der Waals surface area contributed by atoms with Gasteiger partial charge in [-0.1, -0.05) is 23.7 Å². The van der Waals surface area contributed by atoms with E-state index in [-0.39, 0.29) is 5.91 Å². The predicted molar refractivity (Wildman–Crippen MR) is 105 cm³/mol. The summed E-state index contributed by atoms with van der Waals surface area (Å²) in [6, 6.07) is 11.7. The second-order valence-corrected chi connectivity index (χ2v) is 7.38. The topological polar surface area (TPSA) is 51.0 Å². The Kier molecular flexibility index (Phi) is 4.94. The zero-order valence-corrected chi connectivity index (χ0v) is 15.9. The normalized spacial score (nSPS) is 15.1. The molecule has 0 radical (unpaired) electrons. The van der Waals surface area contributed by atoms with Gasteiger partial charge in [0.05, 0.1) is 17.4 Å². The zero-order valence-electron chi connectivity index (χ0n) is 15.2. The fraction of sp³-hybridized carbons (Fsp3) is 0.286. The standard InChI is InChI=1S/C21H21ClN4O/c1-15-3-2-4-19(11-15)26-14-18(13-24-26)16-7-9-25(10-8-16)21(27)17-5-6-20(22)23-12-17/h2-6,11-14,16H,7-10H2,1H3. The van der Waals surface area contributed by atoms with Crippen molar-refractivity contribution in [3.05, 3.63) is 76.8 Å². The Morgan fingerprint density at radius 2 is 1.96 bits per heavy atom. The molecule has 1 aliphatic rings. The fourth-order valence-corrected chi connectivity index (χ4v) is 3.67. The molecule has 0 saturated carbocycles. The number of nitrogens with zero attached hydrogens (tertiary/aromatic N) is 4. The maximum absolute atomic E-state index is 12.6. The SMILES string of the molecule is Cc1cccc(-n2cc(C3CCN(C(=O)c4ccc(Cl)nc4)CC3)cn2)c1. The highest BCUT2D eigenvalue weighted by atomic mass is 35.5. The first-order valence-corrected chi connectivity index (χ1v) is 9.50. The minimum Gasteiger partial charge on any atom is -0.339 e. The number of aromatic nitrogens is 3. The number of benzene rings is 1. The van der Waals surface area contributed by atoms with Crippen molar-refractivity contribution in [2.45, 2.75) is 25.7 Å². The number of carbonyl (C=O) groups is 1. The van der Waals surface area contributed by atoms with Gasteiger partial charge in [0.1, 0.15) is 5.15 Å². The fourth-order valence-electron chi connectivity index (χ4n) is 3.56. The lowest BCUT2D eigenvalue weighted by atomic mass is 9.91. The van der Waals surface area contributed by atoms with Crippen LogP contribution in [0.4, 0.5) is 0 Å². The van der Waals surface area contributed by atoms with Gasteiger partial charge in [0.15, 0.2) is 0 Å². The summed E-state index contributed by atoms with van der Waals surface area (Å²) in [5.41, 5.74) is 4.11. The molecule has 0 spiro atoms. The van der Waals surface area contributed by atoms with Crippen molar-refractivity contribution in [3.8, 4) is 5.69 Å². The number of hydrogen-bond donors (Lipinski definition) is 0. The van der Waals surface area contributed by atoms with Crippen LogP contribution in [0.3, 0.4) is 0 Å². The third-order valence-electron chi connectivity index (χ3n) is 5.10. The molecule has 2 aromatic heterocycles. The molecule has 3 aromatic rings. The van der Waals surface area contributed by atoms with E-state index >= 15 is 0 Å². The van der Waals surface area contributed by atoms with Gasteiger partial charge >= 0.3 is 0 Å².